The quantitative estimate of drug-likeness (QED) is 0.852. The monoisotopic (exact) mass is 267 g/mol. The summed E-state index contributed by atoms with van der Waals surface area (Å²) in [6.45, 7) is 0. The summed E-state index contributed by atoms with van der Waals surface area (Å²) in [7, 11) is 1.42. The molecule has 1 aromatic rings. The molecule has 0 bridgehead atoms. The summed E-state index contributed by atoms with van der Waals surface area (Å²) in [6.07, 6.45) is 4.71. The molecule has 2 rings (SSSR count). The van der Waals surface area contributed by atoms with Gasteiger partial charge in [-0.1, -0.05) is 36.6 Å². The Kier molecular flexibility index (Phi) is 4.61. The van der Waals surface area contributed by atoms with Gasteiger partial charge in [-0.2, -0.15) is 0 Å². The minimum atomic E-state index is -0.393. The second-order valence-corrected chi connectivity index (χ2v) is 5.09. The average Bonchev–Trinajstić information content (AvgIpc) is 2.89. The van der Waals surface area contributed by atoms with Crippen molar-refractivity contribution in [1.82, 2.24) is 5.32 Å². The summed E-state index contributed by atoms with van der Waals surface area (Å²) in [5, 5.41) is 4.05. The van der Waals surface area contributed by atoms with Gasteiger partial charge in [-0.15, -0.1) is 0 Å². The van der Waals surface area contributed by atoms with Crippen LogP contribution in [-0.4, -0.2) is 19.1 Å². The number of esters is 1. The number of carbonyl (C=O) groups is 1. The Labute approximate surface area is 112 Å². The van der Waals surface area contributed by atoms with Crippen LogP contribution in [0.15, 0.2) is 24.3 Å². The second-order valence-electron chi connectivity index (χ2n) is 4.66. The van der Waals surface area contributed by atoms with Gasteiger partial charge in [0, 0.05) is 11.1 Å². The first-order valence-electron chi connectivity index (χ1n) is 6.30. The molecule has 0 aromatic heterocycles. The average molecular weight is 268 g/mol. The number of benzene rings is 1. The molecule has 1 unspecified atom stereocenters. The molecular weight excluding hydrogens is 250 g/mol. The fraction of sp³-hybridized carbons (Fsp3) is 0.500. The van der Waals surface area contributed by atoms with Crippen molar-refractivity contribution < 1.29 is 9.53 Å². The maximum Gasteiger partial charge on any atom is 0.327 e. The molecule has 1 atom stereocenters. The van der Waals surface area contributed by atoms with Crippen LogP contribution in [-0.2, 0) is 9.53 Å². The largest absolute Gasteiger partial charge is 0.468 e. The SMILES string of the molecule is COC(=O)C(NC1CCCC1)c1ccc(Cl)cc1. The first kappa shape index (κ1) is 13.4. The Morgan fingerprint density at radius 3 is 2.50 bits per heavy atom. The van der Waals surface area contributed by atoms with Gasteiger partial charge in [-0.25, -0.2) is 4.79 Å². The van der Waals surface area contributed by atoms with E-state index >= 15 is 0 Å². The van der Waals surface area contributed by atoms with E-state index in [1.54, 1.807) is 12.1 Å². The highest BCUT2D eigenvalue weighted by Gasteiger charge is 2.26. The molecule has 4 heteroatoms. The van der Waals surface area contributed by atoms with E-state index in [1.165, 1.54) is 20.0 Å². The van der Waals surface area contributed by atoms with Crippen molar-refractivity contribution in [3.63, 3.8) is 0 Å². The van der Waals surface area contributed by atoms with Crippen molar-refractivity contribution in [2.24, 2.45) is 0 Å². The van der Waals surface area contributed by atoms with Crippen molar-refractivity contribution in [2.75, 3.05) is 7.11 Å². The van der Waals surface area contributed by atoms with Gasteiger partial charge in [-0.05, 0) is 30.5 Å². The Morgan fingerprint density at radius 1 is 1.33 bits per heavy atom. The molecule has 98 valence electrons. The van der Waals surface area contributed by atoms with Crippen molar-refractivity contribution in [2.45, 2.75) is 37.8 Å². The van der Waals surface area contributed by atoms with E-state index in [4.69, 9.17) is 16.3 Å². The molecule has 1 aliphatic rings. The number of hydrogen-bond acceptors (Lipinski definition) is 3. The molecule has 0 radical (unpaired) electrons. The third kappa shape index (κ3) is 3.24. The van der Waals surface area contributed by atoms with Crippen LogP contribution in [0.25, 0.3) is 0 Å². The van der Waals surface area contributed by atoms with Crippen LogP contribution >= 0.6 is 11.6 Å². The number of halogens is 1. The molecule has 0 heterocycles. The fourth-order valence-electron chi connectivity index (χ4n) is 2.40. The van der Waals surface area contributed by atoms with Crippen LogP contribution in [0.1, 0.15) is 37.3 Å². The Morgan fingerprint density at radius 2 is 1.94 bits per heavy atom. The molecule has 1 aromatic carbocycles. The summed E-state index contributed by atoms with van der Waals surface area (Å²) in [5.74, 6) is -0.246. The van der Waals surface area contributed by atoms with E-state index in [1.807, 2.05) is 12.1 Å². The van der Waals surface area contributed by atoms with Crippen molar-refractivity contribution in [3.8, 4) is 0 Å². The first-order valence-corrected chi connectivity index (χ1v) is 6.68. The fourth-order valence-corrected chi connectivity index (χ4v) is 2.53. The number of nitrogens with one attached hydrogen (secondary N) is 1. The van der Waals surface area contributed by atoms with E-state index in [0.717, 1.165) is 18.4 Å². The third-order valence-electron chi connectivity index (χ3n) is 3.40. The van der Waals surface area contributed by atoms with Crippen LogP contribution in [0.2, 0.25) is 5.02 Å². The highest BCUT2D eigenvalue weighted by Crippen LogP contribution is 2.23. The van der Waals surface area contributed by atoms with Crippen molar-refractivity contribution in [1.29, 1.82) is 0 Å². The lowest BCUT2D eigenvalue weighted by atomic mass is 10.1. The topological polar surface area (TPSA) is 38.3 Å². The molecule has 1 aliphatic carbocycles. The molecular formula is C14H18ClNO2. The zero-order chi connectivity index (χ0) is 13.0. The summed E-state index contributed by atoms with van der Waals surface area (Å²) >= 11 is 5.86. The van der Waals surface area contributed by atoms with Gasteiger partial charge < -0.3 is 4.74 Å². The Balaban J connectivity index is 2.13. The van der Waals surface area contributed by atoms with Crippen LogP contribution in [0.4, 0.5) is 0 Å². The highest BCUT2D eigenvalue weighted by molar-refractivity contribution is 6.30. The number of methoxy groups -OCH3 is 1. The highest BCUT2D eigenvalue weighted by atomic mass is 35.5. The first-order chi connectivity index (χ1) is 8.70. The minimum Gasteiger partial charge on any atom is -0.468 e. The molecule has 1 fully saturated rings. The molecule has 0 spiro atoms. The summed E-state index contributed by atoms with van der Waals surface area (Å²) in [4.78, 5) is 11.9. The standard InChI is InChI=1S/C14H18ClNO2/c1-18-14(17)13(16-12-4-2-3-5-12)10-6-8-11(15)9-7-10/h6-9,12-13,16H,2-5H2,1H3. The molecule has 3 nitrogen and oxygen atoms in total. The van der Waals surface area contributed by atoms with E-state index in [2.05, 4.69) is 5.32 Å². The molecule has 0 saturated heterocycles. The van der Waals surface area contributed by atoms with E-state index in [-0.39, 0.29) is 5.97 Å². The zero-order valence-electron chi connectivity index (χ0n) is 10.5. The number of rotatable bonds is 4. The minimum absolute atomic E-state index is 0.246. The van der Waals surface area contributed by atoms with Gasteiger partial charge in [0.2, 0.25) is 0 Å². The Hall–Kier alpha value is -1.06. The smallest absolute Gasteiger partial charge is 0.327 e. The normalized spacial score (nSPS) is 17.7. The van der Waals surface area contributed by atoms with E-state index in [9.17, 15) is 4.79 Å². The summed E-state index contributed by atoms with van der Waals surface area (Å²) < 4.78 is 4.87. The second kappa shape index (κ2) is 6.21. The Bertz CT molecular complexity index is 399. The van der Waals surface area contributed by atoms with Gasteiger partial charge in [0.15, 0.2) is 0 Å². The summed E-state index contributed by atoms with van der Waals surface area (Å²) in [5.41, 5.74) is 0.901. The van der Waals surface area contributed by atoms with Crippen molar-refractivity contribution >= 4 is 17.6 Å². The van der Waals surface area contributed by atoms with E-state index < -0.39 is 6.04 Å². The lowest BCUT2D eigenvalue weighted by molar-refractivity contribution is -0.143. The summed E-state index contributed by atoms with van der Waals surface area (Å²) in [6, 6.07) is 7.34. The van der Waals surface area contributed by atoms with Crippen LogP contribution < -0.4 is 5.32 Å². The molecule has 1 N–H and O–H groups in total. The van der Waals surface area contributed by atoms with Crippen LogP contribution in [0.3, 0.4) is 0 Å². The van der Waals surface area contributed by atoms with Crippen molar-refractivity contribution in [3.05, 3.63) is 34.9 Å². The number of hydrogen-bond donors (Lipinski definition) is 1. The molecule has 0 amide bonds. The van der Waals surface area contributed by atoms with E-state index in [0.29, 0.717) is 11.1 Å². The third-order valence-corrected chi connectivity index (χ3v) is 3.65. The van der Waals surface area contributed by atoms with Crippen LogP contribution in [0, 0.1) is 0 Å². The maximum absolute atomic E-state index is 11.9. The van der Waals surface area contributed by atoms with Gasteiger partial charge in [-0.3, -0.25) is 5.32 Å². The number of ether oxygens (including phenoxy) is 1. The van der Waals surface area contributed by atoms with Gasteiger partial charge in [0.1, 0.15) is 6.04 Å². The molecule has 18 heavy (non-hydrogen) atoms. The molecule has 1 saturated carbocycles. The van der Waals surface area contributed by atoms with Gasteiger partial charge in [0.25, 0.3) is 0 Å². The number of carbonyl (C=O) groups excluding carboxylic acids is 1. The van der Waals surface area contributed by atoms with Gasteiger partial charge >= 0.3 is 5.97 Å². The van der Waals surface area contributed by atoms with Gasteiger partial charge in [0.05, 0.1) is 7.11 Å². The maximum atomic E-state index is 11.9. The zero-order valence-corrected chi connectivity index (χ0v) is 11.2. The predicted molar refractivity (Wildman–Crippen MR) is 71.6 cm³/mol. The lowest BCUT2D eigenvalue weighted by Crippen LogP contribution is -2.36. The molecule has 0 aliphatic heterocycles. The lowest BCUT2D eigenvalue weighted by Gasteiger charge is -2.21. The predicted octanol–water partition coefficient (Wildman–Crippen LogP) is 3.09. The van der Waals surface area contributed by atoms with Crippen LogP contribution in [0.5, 0.6) is 0 Å².